The molecule has 1 heterocycles. The summed E-state index contributed by atoms with van der Waals surface area (Å²) in [6.45, 7) is 0.238. The summed E-state index contributed by atoms with van der Waals surface area (Å²) < 4.78 is 26.8. The van der Waals surface area contributed by atoms with Gasteiger partial charge in [0.1, 0.15) is 0 Å². The van der Waals surface area contributed by atoms with Crippen molar-refractivity contribution in [2.24, 2.45) is 0 Å². The fourth-order valence-corrected chi connectivity index (χ4v) is 3.28. The second-order valence-corrected chi connectivity index (χ2v) is 6.75. The Balaban J connectivity index is 1.70. The number of fused-ring (bicyclic) bond motifs is 1. The fourth-order valence-electron chi connectivity index (χ4n) is 2.16. The van der Waals surface area contributed by atoms with Crippen LogP contribution in [0.25, 0.3) is 11.0 Å². The molecule has 0 bridgehead atoms. The standard InChI is InChI=1S/C16H15N3O2S/c20-22(21,12-13-4-2-1-3-5-13)19-11-14-6-7-15-16(10-14)18-9-8-17-15/h1-10,19H,11-12H2. The summed E-state index contributed by atoms with van der Waals surface area (Å²) in [5.41, 5.74) is 3.16. The Hall–Kier alpha value is -2.31. The van der Waals surface area contributed by atoms with Crippen LogP contribution in [0.5, 0.6) is 0 Å². The Bertz CT molecular complexity index is 880. The summed E-state index contributed by atoms with van der Waals surface area (Å²) in [5, 5.41) is 0. The third kappa shape index (κ3) is 3.66. The first kappa shape index (κ1) is 14.6. The van der Waals surface area contributed by atoms with E-state index in [2.05, 4.69) is 14.7 Å². The van der Waals surface area contributed by atoms with Crippen molar-refractivity contribution >= 4 is 21.1 Å². The lowest BCUT2D eigenvalue weighted by molar-refractivity contribution is 0.580. The minimum Gasteiger partial charge on any atom is -0.253 e. The largest absolute Gasteiger partial charge is 0.253 e. The van der Waals surface area contributed by atoms with E-state index in [0.29, 0.717) is 0 Å². The molecule has 0 saturated carbocycles. The van der Waals surface area contributed by atoms with Gasteiger partial charge in [0.25, 0.3) is 0 Å². The predicted molar refractivity (Wildman–Crippen MR) is 85.4 cm³/mol. The summed E-state index contributed by atoms with van der Waals surface area (Å²) in [6.07, 6.45) is 3.25. The van der Waals surface area contributed by atoms with Crippen molar-refractivity contribution in [2.45, 2.75) is 12.3 Å². The highest BCUT2D eigenvalue weighted by Crippen LogP contribution is 2.11. The van der Waals surface area contributed by atoms with Crippen LogP contribution >= 0.6 is 0 Å². The summed E-state index contributed by atoms with van der Waals surface area (Å²) in [5.74, 6) is -0.0266. The molecule has 2 aromatic carbocycles. The number of rotatable bonds is 5. The monoisotopic (exact) mass is 313 g/mol. The molecular formula is C16H15N3O2S. The van der Waals surface area contributed by atoms with Crippen molar-refractivity contribution in [1.29, 1.82) is 0 Å². The highest BCUT2D eigenvalue weighted by molar-refractivity contribution is 7.88. The van der Waals surface area contributed by atoms with Crippen LogP contribution in [0.15, 0.2) is 60.9 Å². The van der Waals surface area contributed by atoms with Gasteiger partial charge >= 0.3 is 0 Å². The van der Waals surface area contributed by atoms with E-state index < -0.39 is 10.0 Å². The maximum atomic E-state index is 12.1. The lowest BCUT2D eigenvalue weighted by Gasteiger charge is -2.07. The Morgan fingerprint density at radius 2 is 1.59 bits per heavy atom. The van der Waals surface area contributed by atoms with Crippen LogP contribution < -0.4 is 4.72 Å². The van der Waals surface area contributed by atoms with E-state index in [1.807, 2.05) is 36.4 Å². The quantitative estimate of drug-likeness (QED) is 0.784. The van der Waals surface area contributed by atoms with Crippen LogP contribution in [-0.2, 0) is 22.3 Å². The van der Waals surface area contributed by atoms with Gasteiger partial charge in [-0.1, -0.05) is 36.4 Å². The topological polar surface area (TPSA) is 72.0 Å². The molecule has 0 saturated heterocycles. The van der Waals surface area contributed by atoms with Crippen LogP contribution in [0, 0.1) is 0 Å². The molecule has 5 nitrogen and oxygen atoms in total. The van der Waals surface area contributed by atoms with Gasteiger partial charge in [0, 0.05) is 18.9 Å². The van der Waals surface area contributed by atoms with Gasteiger partial charge in [-0.05, 0) is 23.3 Å². The molecule has 0 aliphatic heterocycles. The second-order valence-electron chi connectivity index (χ2n) is 4.95. The molecule has 6 heteroatoms. The van der Waals surface area contributed by atoms with Gasteiger partial charge in [0.05, 0.1) is 16.8 Å². The smallest absolute Gasteiger partial charge is 0.216 e. The van der Waals surface area contributed by atoms with Gasteiger partial charge in [-0.2, -0.15) is 0 Å². The minimum absolute atomic E-state index is 0.0266. The van der Waals surface area contributed by atoms with Gasteiger partial charge in [-0.15, -0.1) is 0 Å². The summed E-state index contributed by atoms with van der Waals surface area (Å²) in [7, 11) is -3.37. The first-order valence-corrected chi connectivity index (χ1v) is 8.48. The molecule has 0 radical (unpaired) electrons. The fraction of sp³-hybridized carbons (Fsp3) is 0.125. The SMILES string of the molecule is O=S(=O)(Cc1ccccc1)NCc1ccc2nccnc2c1. The van der Waals surface area contributed by atoms with Crippen LogP contribution in [0.1, 0.15) is 11.1 Å². The summed E-state index contributed by atoms with van der Waals surface area (Å²) in [6, 6.07) is 14.6. The van der Waals surface area contributed by atoms with Crippen LogP contribution in [0.3, 0.4) is 0 Å². The van der Waals surface area contributed by atoms with Crippen LogP contribution in [0.2, 0.25) is 0 Å². The molecule has 112 valence electrons. The van der Waals surface area contributed by atoms with Crippen molar-refractivity contribution in [3.05, 3.63) is 72.1 Å². The van der Waals surface area contributed by atoms with Gasteiger partial charge in [0.2, 0.25) is 10.0 Å². The maximum absolute atomic E-state index is 12.1. The lowest BCUT2D eigenvalue weighted by Crippen LogP contribution is -2.24. The third-order valence-electron chi connectivity index (χ3n) is 3.23. The van der Waals surface area contributed by atoms with Gasteiger partial charge < -0.3 is 0 Å². The second kappa shape index (κ2) is 6.21. The Kier molecular flexibility index (Phi) is 4.13. The van der Waals surface area contributed by atoms with Crippen molar-refractivity contribution in [3.8, 4) is 0 Å². The molecular weight excluding hydrogens is 298 g/mol. The number of sulfonamides is 1. The molecule has 1 N–H and O–H groups in total. The Morgan fingerprint density at radius 1 is 0.864 bits per heavy atom. The predicted octanol–water partition coefficient (Wildman–Crippen LogP) is 2.25. The molecule has 22 heavy (non-hydrogen) atoms. The molecule has 1 aromatic heterocycles. The lowest BCUT2D eigenvalue weighted by atomic mass is 10.2. The Morgan fingerprint density at radius 3 is 2.36 bits per heavy atom. The molecule has 3 rings (SSSR count). The van der Waals surface area contributed by atoms with E-state index in [1.165, 1.54) is 0 Å². The van der Waals surface area contributed by atoms with Gasteiger partial charge in [0.15, 0.2) is 0 Å². The van der Waals surface area contributed by atoms with E-state index in [0.717, 1.165) is 22.2 Å². The number of hydrogen-bond acceptors (Lipinski definition) is 4. The van der Waals surface area contributed by atoms with Crippen molar-refractivity contribution in [3.63, 3.8) is 0 Å². The molecule has 0 unspecified atom stereocenters. The van der Waals surface area contributed by atoms with Crippen molar-refractivity contribution in [2.75, 3.05) is 0 Å². The zero-order chi connectivity index (χ0) is 15.4. The molecule has 3 aromatic rings. The van der Waals surface area contributed by atoms with Gasteiger partial charge in [-0.25, -0.2) is 13.1 Å². The number of hydrogen-bond donors (Lipinski definition) is 1. The summed E-state index contributed by atoms with van der Waals surface area (Å²) in [4.78, 5) is 8.40. The highest BCUT2D eigenvalue weighted by atomic mass is 32.2. The van der Waals surface area contributed by atoms with Crippen molar-refractivity contribution < 1.29 is 8.42 Å². The van der Waals surface area contributed by atoms with E-state index >= 15 is 0 Å². The van der Waals surface area contributed by atoms with E-state index in [4.69, 9.17) is 0 Å². The van der Waals surface area contributed by atoms with E-state index in [9.17, 15) is 8.42 Å². The third-order valence-corrected chi connectivity index (χ3v) is 4.53. The highest BCUT2D eigenvalue weighted by Gasteiger charge is 2.11. The minimum atomic E-state index is -3.37. The zero-order valence-corrected chi connectivity index (χ0v) is 12.6. The maximum Gasteiger partial charge on any atom is 0.216 e. The Labute approximate surface area is 129 Å². The van der Waals surface area contributed by atoms with Crippen LogP contribution in [0.4, 0.5) is 0 Å². The molecule has 0 amide bonds. The average Bonchev–Trinajstić information content (AvgIpc) is 2.53. The average molecular weight is 313 g/mol. The first-order chi connectivity index (χ1) is 10.6. The summed E-state index contributed by atoms with van der Waals surface area (Å²) >= 11 is 0. The number of benzene rings is 2. The molecule has 0 fully saturated rings. The molecule has 0 spiro atoms. The molecule has 0 aliphatic rings. The number of aromatic nitrogens is 2. The van der Waals surface area contributed by atoms with Gasteiger partial charge in [-0.3, -0.25) is 9.97 Å². The zero-order valence-electron chi connectivity index (χ0n) is 11.8. The molecule has 0 atom stereocenters. The molecule has 0 aliphatic carbocycles. The van der Waals surface area contributed by atoms with E-state index in [-0.39, 0.29) is 12.3 Å². The van der Waals surface area contributed by atoms with E-state index in [1.54, 1.807) is 24.5 Å². The number of nitrogens with one attached hydrogen (secondary N) is 1. The van der Waals surface area contributed by atoms with Crippen molar-refractivity contribution in [1.82, 2.24) is 14.7 Å². The number of nitrogens with zero attached hydrogens (tertiary/aromatic N) is 2. The van der Waals surface area contributed by atoms with Crippen LogP contribution in [-0.4, -0.2) is 18.4 Å². The normalized spacial score (nSPS) is 11.6. The first-order valence-electron chi connectivity index (χ1n) is 6.83.